The molecule has 1 fully saturated rings. The average Bonchev–Trinajstić information content (AvgIpc) is 2.57. The molecule has 1 N–H and O–H groups in total. The molecule has 1 rings (SSSR count). The van der Waals surface area contributed by atoms with Gasteiger partial charge in [0.1, 0.15) is 0 Å². The van der Waals surface area contributed by atoms with Crippen LogP contribution in [0.3, 0.4) is 0 Å². The largest absolute Gasteiger partial charge is 0.319 e. The van der Waals surface area contributed by atoms with E-state index in [9.17, 15) is 0 Å². The quantitative estimate of drug-likeness (QED) is 0.749. The van der Waals surface area contributed by atoms with Crippen molar-refractivity contribution in [2.24, 2.45) is 17.3 Å². The zero-order valence-electron chi connectivity index (χ0n) is 11.8. The molecule has 0 bridgehead atoms. The molecule has 1 aliphatic rings. The van der Waals surface area contributed by atoms with E-state index in [-0.39, 0.29) is 0 Å². The van der Waals surface area contributed by atoms with Gasteiger partial charge in [-0.2, -0.15) is 0 Å². The topological polar surface area (TPSA) is 15.3 Å². The van der Waals surface area contributed by atoms with Gasteiger partial charge in [-0.25, -0.2) is 0 Å². The van der Waals surface area contributed by atoms with Crippen LogP contribution in [0.5, 0.6) is 0 Å². The second-order valence-electron chi connectivity index (χ2n) is 5.89. The zero-order valence-corrected chi connectivity index (χ0v) is 11.8. The summed E-state index contributed by atoms with van der Waals surface area (Å²) in [6.07, 6.45) is 2.56. The fourth-order valence-corrected chi connectivity index (χ4v) is 3.01. The Morgan fingerprint density at radius 1 is 1.12 bits per heavy atom. The van der Waals surface area contributed by atoms with E-state index >= 15 is 0 Å². The highest BCUT2D eigenvalue weighted by atomic mass is 15.2. The number of hydrogen-bond donors (Lipinski definition) is 1. The van der Waals surface area contributed by atoms with Crippen LogP contribution < -0.4 is 5.32 Å². The Morgan fingerprint density at radius 3 is 2.00 bits per heavy atom. The van der Waals surface area contributed by atoms with Crippen molar-refractivity contribution < 1.29 is 0 Å². The summed E-state index contributed by atoms with van der Waals surface area (Å²) in [5.74, 6) is 1.75. The van der Waals surface area contributed by atoms with Gasteiger partial charge in [-0.15, -0.1) is 0 Å². The summed E-state index contributed by atoms with van der Waals surface area (Å²) in [7, 11) is 2.08. The first-order valence-electron chi connectivity index (χ1n) is 6.94. The first kappa shape index (κ1) is 14.0. The van der Waals surface area contributed by atoms with E-state index in [4.69, 9.17) is 0 Å². The van der Waals surface area contributed by atoms with Gasteiger partial charge in [-0.05, 0) is 37.1 Å². The summed E-state index contributed by atoms with van der Waals surface area (Å²) in [6.45, 7) is 14.5. The van der Waals surface area contributed by atoms with Crippen LogP contribution in [0, 0.1) is 17.3 Å². The zero-order chi connectivity index (χ0) is 12.2. The molecular formula is C14H30N2. The minimum absolute atomic E-state index is 0.485. The van der Waals surface area contributed by atoms with Gasteiger partial charge in [-0.3, -0.25) is 0 Å². The fourth-order valence-electron chi connectivity index (χ4n) is 3.01. The maximum atomic E-state index is 3.38. The SMILES string of the molecule is CCC(CC)(CNC)CN1CC(C)C(C)C1. The van der Waals surface area contributed by atoms with Gasteiger partial charge >= 0.3 is 0 Å². The highest BCUT2D eigenvalue weighted by Gasteiger charge is 2.33. The molecule has 0 amide bonds. The average molecular weight is 226 g/mol. The van der Waals surface area contributed by atoms with Gasteiger partial charge in [0.25, 0.3) is 0 Å². The van der Waals surface area contributed by atoms with E-state index in [1.54, 1.807) is 0 Å². The first-order chi connectivity index (χ1) is 7.56. The van der Waals surface area contributed by atoms with E-state index in [1.165, 1.54) is 32.5 Å². The summed E-state index contributed by atoms with van der Waals surface area (Å²) >= 11 is 0. The maximum absolute atomic E-state index is 3.38. The molecule has 0 aliphatic carbocycles. The molecular weight excluding hydrogens is 196 g/mol. The summed E-state index contributed by atoms with van der Waals surface area (Å²) in [6, 6.07) is 0. The lowest BCUT2D eigenvalue weighted by Crippen LogP contribution is -2.42. The van der Waals surface area contributed by atoms with Crippen molar-refractivity contribution in [1.82, 2.24) is 10.2 Å². The van der Waals surface area contributed by atoms with E-state index in [1.807, 2.05) is 0 Å². The molecule has 2 nitrogen and oxygen atoms in total. The molecule has 1 saturated heterocycles. The Bertz CT molecular complexity index is 189. The molecule has 0 aromatic rings. The van der Waals surface area contributed by atoms with Crippen molar-refractivity contribution in [2.75, 3.05) is 33.2 Å². The van der Waals surface area contributed by atoms with E-state index in [2.05, 4.69) is 45.0 Å². The number of rotatable bonds is 6. The molecule has 1 aliphatic heterocycles. The third kappa shape index (κ3) is 3.21. The lowest BCUT2D eigenvalue weighted by atomic mass is 9.81. The van der Waals surface area contributed by atoms with Crippen LogP contribution in [0.2, 0.25) is 0 Å². The number of nitrogens with one attached hydrogen (secondary N) is 1. The highest BCUT2D eigenvalue weighted by Crippen LogP contribution is 2.31. The van der Waals surface area contributed by atoms with Crippen LogP contribution in [0.1, 0.15) is 40.5 Å². The molecule has 0 radical (unpaired) electrons. The summed E-state index contributed by atoms with van der Waals surface area (Å²) in [4.78, 5) is 2.68. The lowest BCUT2D eigenvalue weighted by molar-refractivity contribution is 0.153. The maximum Gasteiger partial charge on any atom is 0.00502 e. The van der Waals surface area contributed by atoms with Crippen LogP contribution in [0.25, 0.3) is 0 Å². The first-order valence-corrected chi connectivity index (χ1v) is 6.94. The molecule has 0 aromatic carbocycles. The van der Waals surface area contributed by atoms with E-state index in [0.717, 1.165) is 18.4 Å². The third-order valence-corrected chi connectivity index (χ3v) is 4.67. The molecule has 2 unspecified atom stereocenters. The van der Waals surface area contributed by atoms with E-state index < -0.39 is 0 Å². The lowest BCUT2D eigenvalue weighted by Gasteiger charge is -2.35. The Hall–Kier alpha value is -0.0800. The van der Waals surface area contributed by atoms with Gasteiger partial charge < -0.3 is 10.2 Å². The standard InChI is InChI=1S/C14H30N2/c1-6-14(7-2,10-15-5)11-16-8-12(3)13(4)9-16/h12-13,15H,6-11H2,1-5H3. The molecule has 0 aromatic heterocycles. The predicted molar refractivity (Wildman–Crippen MR) is 71.7 cm³/mol. The van der Waals surface area contributed by atoms with Crippen LogP contribution in [0.15, 0.2) is 0 Å². The van der Waals surface area contributed by atoms with Gasteiger partial charge in [-0.1, -0.05) is 27.7 Å². The number of hydrogen-bond acceptors (Lipinski definition) is 2. The number of likely N-dealkylation sites (tertiary alicyclic amines) is 1. The Labute approximate surface area is 102 Å². The van der Waals surface area contributed by atoms with Gasteiger partial charge in [0.05, 0.1) is 0 Å². The monoisotopic (exact) mass is 226 g/mol. The van der Waals surface area contributed by atoms with Crippen LogP contribution in [-0.2, 0) is 0 Å². The highest BCUT2D eigenvalue weighted by molar-refractivity contribution is 4.87. The molecule has 96 valence electrons. The van der Waals surface area contributed by atoms with Gasteiger partial charge in [0, 0.05) is 26.2 Å². The Kier molecular flexibility index (Phi) is 5.26. The minimum atomic E-state index is 0.485. The molecule has 1 heterocycles. The Balaban J connectivity index is 2.55. The smallest absolute Gasteiger partial charge is 0.00502 e. The minimum Gasteiger partial charge on any atom is -0.319 e. The predicted octanol–water partition coefficient (Wildman–Crippen LogP) is 2.60. The van der Waals surface area contributed by atoms with Crippen molar-refractivity contribution >= 4 is 0 Å². The fraction of sp³-hybridized carbons (Fsp3) is 1.00. The normalized spacial score (nSPS) is 27.6. The molecule has 2 atom stereocenters. The van der Waals surface area contributed by atoms with Crippen molar-refractivity contribution in [3.63, 3.8) is 0 Å². The van der Waals surface area contributed by atoms with Gasteiger partial charge in [0.15, 0.2) is 0 Å². The van der Waals surface area contributed by atoms with Crippen molar-refractivity contribution in [3.05, 3.63) is 0 Å². The van der Waals surface area contributed by atoms with Gasteiger partial charge in [0.2, 0.25) is 0 Å². The number of nitrogens with zero attached hydrogens (tertiary/aromatic N) is 1. The van der Waals surface area contributed by atoms with E-state index in [0.29, 0.717) is 5.41 Å². The molecule has 0 saturated carbocycles. The Morgan fingerprint density at radius 2 is 1.62 bits per heavy atom. The third-order valence-electron chi connectivity index (χ3n) is 4.67. The van der Waals surface area contributed by atoms with Crippen molar-refractivity contribution in [2.45, 2.75) is 40.5 Å². The van der Waals surface area contributed by atoms with Crippen LogP contribution in [0.4, 0.5) is 0 Å². The molecule has 0 spiro atoms. The summed E-state index contributed by atoms with van der Waals surface area (Å²) in [5.41, 5.74) is 0.485. The van der Waals surface area contributed by atoms with Crippen molar-refractivity contribution in [1.29, 1.82) is 0 Å². The second-order valence-corrected chi connectivity index (χ2v) is 5.89. The summed E-state index contributed by atoms with van der Waals surface area (Å²) < 4.78 is 0. The van der Waals surface area contributed by atoms with Crippen molar-refractivity contribution in [3.8, 4) is 0 Å². The molecule has 16 heavy (non-hydrogen) atoms. The van der Waals surface area contributed by atoms with Crippen LogP contribution in [-0.4, -0.2) is 38.1 Å². The second kappa shape index (κ2) is 6.02. The summed E-state index contributed by atoms with van der Waals surface area (Å²) in [5, 5.41) is 3.38. The molecule has 2 heteroatoms. The van der Waals surface area contributed by atoms with Crippen LogP contribution >= 0.6 is 0 Å².